The van der Waals surface area contributed by atoms with E-state index in [9.17, 15) is 0 Å². The molecule has 0 aliphatic heterocycles. The van der Waals surface area contributed by atoms with E-state index >= 15 is 0 Å². The van der Waals surface area contributed by atoms with Crippen LogP contribution in [-0.4, -0.2) is 5.11 Å². The number of halogens is 1. The van der Waals surface area contributed by atoms with E-state index in [-0.39, 0.29) is 12.6 Å². The molecule has 0 saturated heterocycles. The van der Waals surface area contributed by atoms with Crippen molar-refractivity contribution in [2.45, 2.75) is 33.0 Å². The number of rotatable bonds is 6. The molecule has 0 aliphatic rings. The number of hydrogen-bond donors (Lipinski definition) is 2. The maximum Gasteiger partial charge on any atom is 0.129 e. The number of furan rings is 1. The van der Waals surface area contributed by atoms with E-state index in [0.717, 1.165) is 10.8 Å². The molecule has 20 heavy (non-hydrogen) atoms. The number of hydrogen-bond acceptors (Lipinski definition) is 3. The van der Waals surface area contributed by atoms with Crippen LogP contribution in [0.2, 0.25) is 5.02 Å². The highest BCUT2D eigenvalue weighted by Crippen LogP contribution is 2.24. The summed E-state index contributed by atoms with van der Waals surface area (Å²) in [4.78, 5) is 0. The van der Waals surface area contributed by atoms with Crippen molar-refractivity contribution in [3.05, 3.63) is 58.5 Å². The average Bonchev–Trinajstić information content (AvgIpc) is 2.88. The molecule has 0 bridgehead atoms. The van der Waals surface area contributed by atoms with Crippen LogP contribution >= 0.6 is 11.6 Å². The first-order chi connectivity index (χ1) is 9.60. The predicted molar refractivity (Wildman–Crippen MR) is 80.5 cm³/mol. The Morgan fingerprint density at radius 1 is 1.10 bits per heavy atom. The van der Waals surface area contributed by atoms with E-state index in [4.69, 9.17) is 21.1 Å². The maximum atomic E-state index is 8.99. The Morgan fingerprint density at radius 2 is 1.75 bits per heavy atom. The normalized spacial score (nSPS) is 12.8. The molecule has 1 aromatic carbocycles. The van der Waals surface area contributed by atoms with Gasteiger partial charge in [0.05, 0.1) is 6.54 Å². The number of benzene rings is 1. The zero-order chi connectivity index (χ0) is 14.5. The van der Waals surface area contributed by atoms with Crippen molar-refractivity contribution in [1.29, 1.82) is 0 Å². The quantitative estimate of drug-likeness (QED) is 0.849. The Balaban J connectivity index is 2.04. The third-order valence-corrected chi connectivity index (χ3v) is 3.52. The molecule has 2 N–H and O–H groups in total. The van der Waals surface area contributed by atoms with Gasteiger partial charge in [0.25, 0.3) is 0 Å². The Morgan fingerprint density at radius 3 is 2.30 bits per heavy atom. The molecular weight excluding hydrogens is 274 g/mol. The van der Waals surface area contributed by atoms with Crippen molar-refractivity contribution >= 4 is 11.6 Å². The van der Waals surface area contributed by atoms with Gasteiger partial charge in [-0.05, 0) is 35.7 Å². The van der Waals surface area contributed by atoms with E-state index < -0.39 is 0 Å². The zero-order valence-electron chi connectivity index (χ0n) is 11.8. The molecule has 0 aliphatic carbocycles. The lowest BCUT2D eigenvalue weighted by Gasteiger charge is -2.22. The van der Waals surface area contributed by atoms with Crippen LogP contribution in [0.1, 0.15) is 37.0 Å². The van der Waals surface area contributed by atoms with Crippen LogP contribution in [0.25, 0.3) is 0 Å². The molecule has 0 saturated carbocycles. The van der Waals surface area contributed by atoms with Crippen molar-refractivity contribution in [1.82, 2.24) is 5.32 Å². The summed E-state index contributed by atoms with van der Waals surface area (Å²) < 4.78 is 5.48. The minimum Gasteiger partial charge on any atom is -0.462 e. The SMILES string of the molecule is CC(C)C(NCc1ccc(CO)o1)c1ccc(Cl)cc1. The van der Waals surface area contributed by atoms with Crippen molar-refractivity contribution in [2.75, 3.05) is 0 Å². The predicted octanol–water partition coefficient (Wildman–Crippen LogP) is 3.91. The molecule has 1 unspecified atom stereocenters. The second-order valence-electron chi connectivity index (χ2n) is 5.18. The highest BCUT2D eigenvalue weighted by molar-refractivity contribution is 6.30. The number of aliphatic hydroxyl groups is 1. The highest BCUT2D eigenvalue weighted by atomic mass is 35.5. The van der Waals surface area contributed by atoms with Gasteiger partial charge in [-0.3, -0.25) is 0 Å². The lowest BCUT2D eigenvalue weighted by molar-refractivity contribution is 0.241. The maximum absolute atomic E-state index is 8.99. The monoisotopic (exact) mass is 293 g/mol. The first-order valence-corrected chi connectivity index (χ1v) is 7.15. The molecular formula is C16H20ClNO2. The third-order valence-electron chi connectivity index (χ3n) is 3.27. The van der Waals surface area contributed by atoms with Gasteiger partial charge in [-0.25, -0.2) is 0 Å². The van der Waals surface area contributed by atoms with Crippen LogP contribution in [0.4, 0.5) is 0 Å². The van der Waals surface area contributed by atoms with Gasteiger partial charge in [0.1, 0.15) is 18.1 Å². The second-order valence-corrected chi connectivity index (χ2v) is 5.62. The molecule has 4 heteroatoms. The molecule has 0 fully saturated rings. The van der Waals surface area contributed by atoms with E-state index in [1.165, 1.54) is 5.56 Å². The molecule has 0 spiro atoms. The van der Waals surface area contributed by atoms with Crippen LogP contribution in [0.15, 0.2) is 40.8 Å². The molecule has 1 heterocycles. The Hall–Kier alpha value is -1.29. The van der Waals surface area contributed by atoms with Gasteiger partial charge in [0.15, 0.2) is 0 Å². The lowest BCUT2D eigenvalue weighted by atomic mass is 9.96. The topological polar surface area (TPSA) is 45.4 Å². The summed E-state index contributed by atoms with van der Waals surface area (Å²) in [5.74, 6) is 1.87. The van der Waals surface area contributed by atoms with Gasteiger partial charge in [-0.2, -0.15) is 0 Å². The van der Waals surface area contributed by atoms with Gasteiger partial charge < -0.3 is 14.8 Å². The Bertz CT molecular complexity index is 534. The molecule has 0 radical (unpaired) electrons. The number of nitrogens with one attached hydrogen (secondary N) is 1. The van der Waals surface area contributed by atoms with Gasteiger partial charge in [-0.1, -0.05) is 37.6 Å². The molecule has 2 aromatic rings. The van der Waals surface area contributed by atoms with Gasteiger partial charge in [0, 0.05) is 11.1 Å². The fourth-order valence-electron chi connectivity index (χ4n) is 2.22. The summed E-state index contributed by atoms with van der Waals surface area (Å²) in [6.07, 6.45) is 0. The molecule has 1 aromatic heterocycles. The summed E-state index contributed by atoms with van der Waals surface area (Å²) >= 11 is 5.93. The van der Waals surface area contributed by atoms with E-state index in [1.54, 1.807) is 6.07 Å². The molecule has 3 nitrogen and oxygen atoms in total. The molecule has 0 amide bonds. The summed E-state index contributed by atoms with van der Waals surface area (Å²) in [6.45, 7) is 4.91. The Kier molecular flexibility index (Phi) is 5.24. The summed E-state index contributed by atoms with van der Waals surface area (Å²) in [5, 5.41) is 13.2. The fraction of sp³-hybridized carbons (Fsp3) is 0.375. The van der Waals surface area contributed by atoms with E-state index in [2.05, 4.69) is 19.2 Å². The first-order valence-electron chi connectivity index (χ1n) is 6.77. The first kappa shape index (κ1) is 15.1. The summed E-state index contributed by atoms with van der Waals surface area (Å²) in [5.41, 5.74) is 1.21. The molecule has 1 atom stereocenters. The van der Waals surface area contributed by atoms with Crippen LogP contribution in [0.5, 0.6) is 0 Å². The van der Waals surface area contributed by atoms with Crippen LogP contribution in [-0.2, 0) is 13.2 Å². The zero-order valence-corrected chi connectivity index (χ0v) is 12.5. The van der Waals surface area contributed by atoms with Gasteiger partial charge >= 0.3 is 0 Å². The van der Waals surface area contributed by atoms with E-state index in [0.29, 0.717) is 18.2 Å². The van der Waals surface area contributed by atoms with Crippen LogP contribution in [0, 0.1) is 5.92 Å². The third kappa shape index (κ3) is 3.85. The summed E-state index contributed by atoms with van der Waals surface area (Å²) in [7, 11) is 0. The van der Waals surface area contributed by atoms with Crippen molar-refractivity contribution in [2.24, 2.45) is 5.92 Å². The lowest BCUT2D eigenvalue weighted by Crippen LogP contribution is -2.25. The van der Waals surface area contributed by atoms with Crippen LogP contribution < -0.4 is 5.32 Å². The highest BCUT2D eigenvalue weighted by Gasteiger charge is 2.15. The molecule has 108 valence electrons. The second kappa shape index (κ2) is 6.93. The molecule has 2 rings (SSSR count). The standard InChI is InChI=1S/C16H20ClNO2/c1-11(2)16(12-3-5-13(17)6-4-12)18-9-14-7-8-15(10-19)20-14/h3-8,11,16,18-19H,9-10H2,1-2H3. The van der Waals surface area contributed by atoms with Crippen LogP contribution in [0.3, 0.4) is 0 Å². The van der Waals surface area contributed by atoms with Crippen molar-refractivity contribution in [3.63, 3.8) is 0 Å². The van der Waals surface area contributed by atoms with Crippen molar-refractivity contribution in [3.8, 4) is 0 Å². The van der Waals surface area contributed by atoms with Crippen molar-refractivity contribution < 1.29 is 9.52 Å². The minimum atomic E-state index is -0.0647. The van der Waals surface area contributed by atoms with Gasteiger partial charge in [0.2, 0.25) is 0 Å². The fourth-order valence-corrected chi connectivity index (χ4v) is 2.35. The summed E-state index contributed by atoms with van der Waals surface area (Å²) in [6, 6.07) is 11.8. The number of aliphatic hydroxyl groups excluding tert-OH is 1. The smallest absolute Gasteiger partial charge is 0.129 e. The van der Waals surface area contributed by atoms with Gasteiger partial charge in [-0.15, -0.1) is 0 Å². The largest absolute Gasteiger partial charge is 0.462 e. The average molecular weight is 294 g/mol. The Labute approximate surface area is 124 Å². The van der Waals surface area contributed by atoms with E-state index in [1.807, 2.05) is 30.3 Å². The minimum absolute atomic E-state index is 0.0647.